The fourth-order valence-electron chi connectivity index (χ4n) is 4.22. The minimum Gasteiger partial charge on any atom is -0.497 e. The molecule has 0 bridgehead atoms. The topological polar surface area (TPSA) is 68.7 Å². The zero-order chi connectivity index (χ0) is 25.2. The van der Waals surface area contributed by atoms with E-state index in [-0.39, 0.29) is 12.8 Å². The molecule has 1 saturated heterocycles. The highest BCUT2D eigenvalue weighted by Gasteiger charge is 2.40. The van der Waals surface area contributed by atoms with Gasteiger partial charge < -0.3 is 14.4 Å². The molecule has 1 aliphatic rings. The number of ether oxygens (including phenoxy) is 2. The van der Waals surface area contributed by atoms with Crippen molar-refractivity contribution >= 4 is 26.3 Å². The number of sulfone groups is 1. The minimum absolute atomic E-state index is 0.229. The average Bonchev–Trinajstić information content (AvgIpc) is 3.32. The van der Waals surface area contributed by atoms with Crippen molar-refractivity contribution in [3.63, 3.8) is 0 Å². The van der Waals surface area contributed by atoms with Gasteiger partial charge in [-0.25, -0.2) is 13.4 Å². The lowest BCUT2D eigenvalue weighted by Crippen LogP contribution is -2.39. The Morgan fingerprint density at radius 3 is 2.46 bits per heavy atom. The van der Waals surface area contributed by atoms with Gasteiger partial charge in [-0.15, -0.1) is 11.3 Å². The molecule has 2 aromatic carbocycles. The number of alkyl halides is 3. The van der Waals surface area contributed by atoms with E-state index in [2.05, 4.69) is 0 Å². The summed E-state index contributed by atoms with van der Waals surface area (Å²) >= 11 is 1.45. The van der Waals surface area contributed by atoms with Crippen LogP contribution in [-0.2, 0) is 22.4 Å². The second-order valence-corrected chi connectivity index (χ2v) is 11.2. The first kappa shape index (κ1) is 25.3. The highest BCUT2D eigenvalue weighted by molar-refractivity contribution is 7.92. The van der Waals surface area contributed by atoms with E-state index in [1.807, 2.05) is 28.5 Å². The van der Waals surface area contributed by atoms with E-state index in [1.165, 1.54) is 23.5 Å². The predicted molar refractivity (Wildman–Crippen MR) is 128 cm³/mol. The molecule has 0 unspecified atom stereocenters. The van der Waals surface area contributed by atoms with Gasteiger partial charge in [0.05, 0.1) is 35.6 Å². The largest absolute Gasteiger partial charge is 0.497 e. The molecule has 0 atom stereocenters. The molecular formula is C24H25F3N2O4S2. The summed E-state index contributed by atoms with van der Waals surface area (Å²) in [5.74, 6) is 1.44. The summed E-state index contributed by atoms with van der Waals surface area (Å²) in [7, 11) is -0.925. The van der Waals surface area contributed by atoms with E-state index < -0.39 is 31.7 Å². The summed E-state index contributed by atoms with van der Waals surface area (Å²) in [5, 5.41) is 1.83. The molecule has 0 N–H and O–H groups in total. The van der Waals surface area contributed by atoms with Gasteiger partial charge >= 0.3 is 6.18 Å². The normalized spacial score (nSPS) is 15.3. The van der Waals surface area contributed by atoms with Gasteiger partial charge in [0, 0.05) is 30.5 Å². The van der Waals surface area contributed by atoms with Crippen molar-refractivity contribution in [2.75, 3.05) is 32.2 Å². The van der Waals surface area contributed by atoms with E-state index in [0.717, 1.165) is 34.3 Å². The molecule has 3 aromatic rings. The highest BCUT2D eigenvalue weighted by Crippen LogP contribution is 2.37. The zero-order valence-electron chi connectivity index (χ0n) is 19.2. The number of methoxy groups -OCH3 is 2. The Bertz CT molecular complexity index is 1280. The summed E-state index contributed by atoms with van der Waals surface area (Å²) in [6.07, 6.45) is -3.73. The monoisotopic (exact) mass is 526 g/mol. The van der Waals surface area contributed by atoms with Crippen LogP contribution in [0, 0.1) is 0 Å². The lowest BCUT2D eigenvalue weighted by Gasteiger charge is -2.31. The molecule has 0 aliphatic carbocycles. The number of nitrogens with zero attached hydrogens (tertiary/aromatic N) is 2. The number of hydrogen-bond donors (Lipinski definition) is 0. The molecule has 188 valence electrons. The number of halogens is 3. The number of thiazole rings is 1. The van der Waals surface area contributed by atoms with Crippen molar-refractivity contribution in [3.05, 3.63) is 64.7 Å². The van der Waals surface area contributed by atoms with Gasteiger partial charge in [-0.05, 0) is 43.2 Å². The van der Waals surface area contributed by atoms with Gasteiger partial charge in [-0.3, -0.25) is 0 Å². The van der Waals surface area contributed by atoms with Gasteiger partial charge in [-0.1, -0.05) is 12.1 Å². The highest BCUT2D eigenvalue weighted by atomic mass is 32.2. The Labute approximate surface area is 206 Å². The maximum Gasteiger partial charge on any atom is 0.417 e. The molecule has 11 heteroatoms. The second-order valence-electron chi connectivity index (χ2n) is 8.20. The number of piperidine rings is 1. The van der Waals surface area contributed by atoms with Crippen LogP contribution in [0.3, 0.4) is 0 Å². The average molecular weight is 527 g/mol. The van der Waals surface area contributed by atoms with E-state index in [4.69, 9.17) is 14.5 Å². The van der Waals surface area contributed by atoms with Gasteiger partial charge in [0.25, 0.3) is 0 Å². The number of hydrogen-bond acceptors (Lipinski definition) is 7. The maximum absolute atomic E-state index is 13.4. The van der Waals surface area contributed by atoms with Crippen LogP contribution in [0.15, 0.2) is 52.7 Å². The fourth-order valence-corrected chi connectivity index (χ4v) is 7.05. The van der Waals surface area contributed by atoms with E-state index in [1.54, 1.807) is 14.2 Å². The third-order valence-corrected chi connectivity index (χ3v) is 9.32. The van der Waals surface area contributed by atoms with Crippen molar-refractivity contribution in [1.29, 1.82) is 0 Å². The summed E-state index contributed by atoms with van der Waals surface area (Å²) in [6, 6.07) is 9.94. The molecule has 0 saturated carbocycles. The van der Waals surface area contributed by atoms with Crippen molar-refractivity contribution in [3.8, 4) is 11.5 Å². The molecule has 4 rings (SSSR count). The van der Waals surface area contributed by atoms with Crippen LogP contribution in [0.5, 0.6) is 11.5 Å². The fraction of sp³-hybridized carbons (Fsp3) is 0.375. The molecule has 0 spiro atoms. The van der Waals surface area contributed by atoms with E-state index in [9.17, 15) is 21.6 Å². The van der Waals surface area contributed by atoms with Crippen LogP contribution in [0.2, 0.25) is 0 Å². The van der Waals surface area contributed by atoms with Gasteiger partial charge in [0.15, 0.2) is 15.0 Å². The van der Waals surface area contributed by atoms with Crippen LogP contribution >= 0.6 is 11.3 Å². The number of aromatic nitrogens is 1. The van der Waals surface area contributed by atoms with Crippen LogP contribution < -0.4 is 14.4 Å². The molecular weight excluding hydrogens is 501 g/mol. The quantitative estimate of drug-likeness (QED) is 0.421. The Balaban J connectivity index is 1.45. The molecule has 0 amide bonds. The molecule has 1 fully saturated rings. The summed E-state index contributed by atoms with van der Waals surface area (Å²) in [5.41, 5.74) is 0.655. The second kappa shape index (κ2) is 10.1. The lowest BCUT2D eigenvalue weighted by atomic mass is 10.1. The predicted octanol–water partition coefficient (Wildman–Crippen LogP) is 5.21. The van der Waals surface area contributed by atoms with Gasteiger partial charge in [0.2, 0.25) is 0 Å². The van der Waals surface area contributed by atoms with Gasteiger partial charge in [-0.2, -0.15) is 13.2 Å². The Morgan fingerprint density at radius 1 is 1.09 bits per heavy atom. The van der Waals surface area contributed by atoms with E-state index in [0.29, 0.717) is 25.3 Å². The molecule has 1 aromatic heterocycles. The third-order valence-electron chi connectivity index (χ3n) is 6.05. The van der Waals surface area contributed by atoms with Crippen molar-refractivity contribution in [1.82, 2.24) is 4.98 Å². The summed E-state index contributed by atoms with van der Waals surface area (Å²) < 4.78 is 77.0. The number of anilines is 1. The molecule has 35 heavy (non-hydrogen) atoms. The smallest absolute Gasteiger partial charge is 0.417 e. The van der Waals surface area contributed by atoms with Crippen LogP contribution in [0.25, 0.3) is 0 Å². The molecule has 0 radical (unpaired) electrons. The summed E-state index contributed by atoms with van der Waals surface area (Å²) in [4.78, 5) is 6.04. The lowest BCUT2D eigenvalue weighted by molar-refractivity contribution is -0.139. The molecule has 6 nitrogen and oxygen atoms in total. The Hall–Kier alpha value is -2.79. The zero-order valence-corrected chi connectivity index (χ0v) is 20.8. The SMILES string of the molecule is COc1ccc(OC)c(Cc2csc(N3CCC(S(=O)(=O)c4ccccc4C(F)(F)F)CC3)n2)c1. The van der Waals surface area contributed by atoms with Crippen molar-refractivity contribution < 1.29 is 31.1 Å². The summed E-state index contributed by atoms with van der Waals surface area (Å²) in [6.45, 7) is 0.793. The standard InChI is InChI=1S/C24H25F3N2O4S2/c1-32-18-7-8-21(33-2)16(14-18)13-17-15-34-23(28-17)29-11-9-19(10-12-29)35(30,31)22-6-4-3-5-20(22)24(25,26)27/h3-8,14-15,19H,9-13H2,1-2H3. The minimum atomic E-state index is -4.73. The van der Waals surface area contributed by atoms with Crippen LogP contribution in [0.4, 0.5) is 18.3 Å². The number of rotatable bonds is 7. The van der Waals surface area contributed by atoms with Gasteiger partial charge in [0.1, 0.15) is 11.5 Å². The Kier molecular flexibility index (Phi) is 7.27. The van der Waals surface area contributed by atoms with Crippen molar-refractivity contribution in [2.24, 2.45) is 0 Å². The van der Waals surface area contributed by atoms with Crippen LogP contribution in [-0.4, -0.2) is 46.0 Å². The number of benzene rings is 2. The maximum atomic E-state index is 13.4. The first-order chi connectivity index (χ1) is 16.6. The third kappa shape index (κ3) is 5.40. The van der Waals surface area contributed by atoms with Crippen LogP contribution in [0.1, 0.15) is 29.7 Å². The van der Waals surface area contributed by atoms with E-state index >= 15 is 0 Å². The van der Waals surface area contributed by atoms with Crippen molar-refractivity contribution in [2.45, 2.75) is 35.6 Å². The molecule has 2 heterocycles. The first-order valence-corrected chi connectivity index (χ1v) is 13.4. The first-order valence-electron chi connectivity index (χ1n) is 10.9. The Morgan fingerprint density at radius 2 is 1.80 bits per heavy atom. The molecule has 1 aliphatic heterocycles.